The molecule has 0 spiro atoms. The normalized spacial score (nSPS) is 13.1. The van der Waals surface area contributed by atoms with Crippen LogP contribution >= 0.6 is 11.8 Å². The zero-order valence-corrected chi connectivity index (χ0v) is 17.1. The van der Waals surface area contributed by atoms with E-state index in [1.165, 1.54) is 4.68 Å². The summed E-state index contributed by atoms with van der Waals surface area (Å²) in [5.74, 6) is 1.03. The van der Waals surface area contributed by atoms with Crippen LogP contribution in [0.4, 0.5) is 5.69 Å². The van der Waals surface area contributed by atoms with Crippen molar-refractivity contribution in [2.45, 2.75) is 23.6 Å². The van der Waals surface area contributed by atoms with Gasteiger partial charge < -0.3 is 29.2 Å². The molecule has 30 heavy (non-hydrogen) atoms. The van der Waals surface area contributed by atoms with Crippen molar-refractivity contribution in [3.8, 4) is 28.9 Å². The number of thioether (sulfide) groups is 1. The number of fused-ring (bicyclic) bond motifs is 1. The summed E-state index contributed by atoms with van der Waals surface area (Å²) in [6, 6.07) is 12.2. The Morgan fingerprint density at radius 1 is 1.27 bits per heavy atom. The first-order chi connectivity index (χ1) is 14.6. The van der Waals surface area contributed by atoms with Gasteiger partial charge in [-0.1, -0.05) is 6.92 Å². The van der Waals surface area contributed by atoms with E-state index in [-0.39, 0.29) is 17.7 Å². The molecule has 0 radical (unpaired) electrons. The number of hydrogen-bond acceptors (Lipinski definition) is 8. The van der Waals surface area contributed by atoms with E-state index in [4.69, 9.17) is 18.7 Å². The van der Waals surface area contributed by atoms with Crippen LogP contribution in [0.15, 0.2) is 52.0 Å². The molecule has 0 saturated carbocycles. The molecule has 2 aromatic carbocycles. The maximum Gasteiger partial charge on any atom is 0.298 e. The van der Waals surface area contributed by atoms with Crippen molar-refractivity contribution in [3.05, 3.63) is 42.5 Å². The van der Waals surface area contributed by atoms with Crippen molar-refractivity contribution in [2.24, 2.45) is 0 Å². The largest absolute Gasteiger partial charge is 0.538 e. The fourth-order valence-electron chi connectivity index (χ4n) is 2.88. The third-order valence-corrected chi connectivity index (χ3v) is 5.84. The maximum atomic E-state index is 12.8. The third kappa shape index (κ3) is 3.99. The topological polar surface area (TPSA) is 110 Å². The number of amides is 1. The average molecular weight is 429 g/mol. The zero-order chi connectivity index (χ0) is 21.1. The number of methoxy groups -OCH3 is 1. The molecule has 0 bridgehead atoms. The first-order valence-electron chi connectivity index (χ1n) is 9.19. The number of anilines is 1. The monoisotopic (exact) mass is 429 g/mol. The standard InChI is InChI=1S/C20H19N3O6S/c1-3-17(18(24)21-12-4-9-15-16(10-12)28-11-27-15)30-19-20(25)29-22-23(19)13-5-7-14(26-2)8-6-13/h4-10,17H,3,11H2,1-2H3,(H-,21,22,24,25). The molecule has 0 fully saturated rings. The molecule has 1 aliphatic heterocycles. The predicted octanol–water partition coefficient (Wildman–Crippen LogP) is 2.27. The van der Waals surface area contributed by atoms with E-state index in [0.29, 0.717) is 35.0 Å². The predicted molar refractivity (Wildman–Crippen MR) is 105 cm³/mol. The lowest BCUT2D eigenvalue weighted by Crippen LogP contribution is -2.36. The SMILES string of the molecule is CCC(Sc1c([O-])on[n+]1-c1ccc(OC)cc1)C(=O)Nc1ccc2c(c1)OCO2. The van der Waals surface area contributed by atoms with Crippen LogP contribution in [0.3, 0.4) is 0 Å². The number of rotatable bonds is 7. The molecule has 1 atom stereocenters. The summed E-state index contributed by atoms with van der Waals surface area (Å²) in [6.07, 6.45) is 0.494. The van der Waals surface area contributed by atoms with E-state index in [9.17, 15) is 9.90 Å². The maximum absolute atomic E-state index is 12.8. The summed E-state index contributed by atoms with van der Waals surface area (Å²) in [5.41, 5.74) is 1.20. The molecule has 0 saturated heterocycles. The van der Waals surface area contributed by atoms with Crippen LogP contribution < -0.4 is 29.3 Å². The van der Waals surface area contributed by atoms with Crippen LogP contribution in [0.2, 0.25) is 0 Å². The first-order valence-corrected chi connectivity index (χ1v) is 10.1. The molecule has 0 aliphatic carbocycles. The Morgan fingerprint density at radius 3 is 2.77 bits per heavy atom. The number of aromatic nitrogens is 2. The smallest absolute Gasteiger partial charge is 0.298 e. The number of nitrogens with one attached hydrogen (secondary N) is 1. The van der Waals surface area contributed by atoms with Gasteiger partial charge in [-0.25, -0.2) is 0 Å². The van der Waals surface area contributed by atoms with E-state index in [0.717, 1.165) is 11.8 Å². The van der Waals surface area contributed by atoms with Crippen LogP contribution in [0.1, 0.15) is 13.3 Å². The molecule has 1 aliphatic rings. The highest BCUT2D eigenvalue weighted by Gasteiger charge is 2.28. The van der Waals surface area contributed by atoms with Crippen LogP contribution in [0.25, 0.3) is 5.69 Å². The molecule has 4 rings (SSSR count). The van der Waals surface area contributed by atoms with Gasteiger partial charge in [0.1, 0.15) is 5.75 Å². The van der Waals surface area contributed by atoms with E-state index in [2.05, 4.69) is 10.6 Å². The van der Waals surface area contributed by atoms with Gasteiger partial charge in [0.2, 0.25) is 18.4 Å². The highest BCUT2D eigenvalue weighted by atomic mass is 32.2. The molecule has 1 N–H and O–H groups in total. The summed E-state index contributed by atoms with van der Waals surface area (Å²) in [7, 11) is 1.57. The Hall–Kier alpha value is -3.40. The molecule has 156 valence electrons. The Bertz CT molecular complexity index is 1050. The van der Waals surface area contributed by atoms with Crippen LogP contribution in [0, 0.1) is 0 Å². The fraction of sp³-hybridized carbons (Fsp3) is 0.250. The minimum atomic E-state index is -0.606. The molecule has 1 aromatic heterocycles. The summed E-state index contributed by atoms with van der Waals surface area (Å²) in [4.78, 5) is 12.8. The Balaban J connectivity index is 1.52. The van der Waals surface area contributed by atoms with Crippen molar-refractivity contribution in [3.63, 3.8) is 0 Å². The molecule has 2 heterocycles. The second-order valence-corrected chi connectivity index (χ2v) is 7.54. The number of ether oxygens (including phenoxy) is 3. The molecule has 1 amide bonds. The summed E-state index contributed by atoms with van der Waals surface area (Å²) in [5, 5.41) is 18.6. The minimum Gasteiger partial charge on any atom is -0.538 e. The van der Waals surface area contributed by atoms with Gasteiger partial charge in [-0.3, -0.25) is 4.79 Å². The quantitative estimate of drug-likeness (QED) is 0.450. The van der Waals surface area contributed by atoms with Gasteiger partial charge in [-0.15, -0.1) is 0 Å². The van der Waals surface area contributed by atoms with Crippen molar-refractivity contribution in [1.82, 2.24) is 5.27 Å². The first kappa shape index (κ1) is 19.9. The van der Waals surface area contributed by atoms with Gasteiger partial charge in [-0.2, -0.15) is 0 Å². The van der Waals surface area contributed by atoms with Crippen LogP contribution in [-0.4, -0.2) is 30.3 Å². The van der Waals surface area contributed by atoms with Gasteiger partial charge >= 0.3 is 0 Å². The van der Waals surface area contributed by atoms with E-state index < -0.39 is 11.2 Å². The Morgan fingerprint density at radius 2 is 2.03 bits per heavy atom. The fourth-order valence-corrected chi connectivity index (χ4v) is 3.85. The molecule has 1 unspecified atom stereocenters. The lowest BCUT2D eigenvalue weighted by Gasteiger charge is -2.13. The summed E-state index contributed by atoms with van der Waals surface area (Å²) >= 11 is 1.10. The molecular formula is C20H19N3O6S. The number of hydrogen-bond donors (Lipinski definition) is 1. The molecule has 10 heteroatoms. The highest BCUT2D eigenvalue weighted by molar-refractivity contribution is 8.00. The molecule has 9 nitrogen and oxygen atoms in total. The second-order valence-electron chi connectivity index (χ2n) is 6.35. The van der Waals surface area contributed by atoms with Gasteiger partial charge in [-0.05, 0) is 47.1 Å². The van der Waals surface area contributed by atoms with Gasteiger partial charge in [0.15, 0.2) is 17.4 Å². The van der Waals surface area contributed by atoms with Crippen molar-refractivity contribution < 1.29 is 33.3 Å². The number of carbonyl (C=O) groups excluding carboxylic acids is 1. The van der Waals surface area contributed by atoms with E-state index in [1.54, 1.807) is 49.6 Å². The van der Waals surface area contributed by atoms with Crippen molar-refractivity contribution >= 4 is 23.4 Å². The van der Waals surface area contributed by atoms with Crippen LogP contribution in [0.5, 0.6) is 23.2 Å². The number of nitrogens with zero attached hydrogens (tertiary/aromatic N) is 2. The lowest BCUT2D eigenvalue weighted by molar-refractivity contribution is -0.705. The minimum absolute atomic E-state index is 0.158. The highest BCUT2D eigenvalue weighted by Crippen LogP contribution is 2.35. The second kappa shape index (κ2) is 8.54. The summed E-state index contributed by atoms with van der Waals surface area (Å²) < 4.78 is 22.0. The van der Waals surface area contributed by atoms with Gasteiger partial charge in [0.05, 0.1) is 17.6 Å². The molecule has 3 aromatic rings. The zero-order valence-electron chi connectivity index (χ0n) is 16.3. The molecular weight excluding hydrogens is 410 g/mol. The third-order valence-electron chi connectivity index (χ3n) is 4.45. The van der Waals surface area contributed by atoms with E-state index >= 15 is 0 Å². The average Bonchev–Trinajstić information content (AvgIpc) is 3.38. The van der Waals surface area contributed by atoms with Crippen LogP contribution in [-0.2, 0) is 4.79 Å². The van der Waals surface area contributed by atoms with Gasteiger partial charge in [0.25, 0.3) is 5.03 Å². The summed E-state index contributed by atoms with van der Waals surface area (Å²) in [6.45, 7) is 2.03. The van der Waals surface area contributed by atoms with Gasteiger partial charge in [0, 0.05) is 23.9 Å². The Kier molecular flexibility index (Phi) is 5.66. The number of benzene rings is 2. The number of carbonyl (C=O) groups is 1. The van der Waals surface area contributed by atoms with Crippen molar-refractivity contribution in [2.75, 3.05) is 19.2 Å². The Labute approximate surface area is 176 Å². The van der Waals surface area contributed by atoms with Crippen molar-refractivity contribution in [1.29, 1.82) is 0 Å². The van der Waals surface area contributed by atoms with E-state index in [1.807, 2.05) is 6.92 Å². The lowest BCUT2D eigenvalue weighted by atomic mass is 10.2.